The molecule has 2 fully saturated rings. The molecule has 1 aliphatic carbocycles. The topological polar surface area (TPSA) is 56.7 Å². The van der Waals surface area contributed by atoms with Gasteiger partial charge in [0.2, 0.25) is 5.91 Å². The highest BCUT2D eigenvalue weighted by molar-refractivity contribution is 14.0. The lowest BCUT2D eigenvalue weighted by Crippen LogP contribution is -2.47. The van der Waals surface area contributed by atoms with Gasteiger partial charge in [-0.05, 0) is 45.1 Å². The number of hydrogen-bond donors (Lipinski definition) is 2. The van der Waals surface area contributed by atoms with Gasteiger partial charge in [-0.2, -0.15) is 11.8 Å². The van der Waals surface area contributed by atoms with Crippen LogP contribution >= 0.6 is 35.7 Å². The van der Waals surface area contributed by atoms with Gasteiger partial charge in [-0.25, -0.2) is 0 Å². The average Bonchev–Trinajstić information content (AvgIpc) is 2.78. The van der Waals surface area contributed by atoms with Crippen LogP contribution in [0.15, 0.2) is 29.3 Å². The van der Waals surface area contributed by atoms with Gasteiger partial charge in [0.1, 0.15) is 0 Å². The van der Waals surface area contributed by atoms with Gasteiger partial charge < -0.3 is 15.5 Å². The molecule has 1 aliphatic heterocycles. The maximum absolute atomic E-state index is 12.8. The Morgan fingerprint density at radius 1 is 1.23 bits per heavy atom. The van der Waals surface area contributed by atoms with E-state index in [0.29, 0.717) is 17.9 Å². The normalized spacial score (nSPS) is 22.9. The summed E-state index contributed by atoms with van der Waals surface area (Å²) < 4.78 is 0. The Balaban J connectivity index is 0.00000341. The molecule has 1 amide bonds. The highest BCUT2D eigenvalue weighted by Crippen LogP contribution is 2.27. The summed E-state index contributed by atoms with van der Waals surface area (Å²) in [6.45, 7) is 9.95. The van der Waals surface area contributed by atoms with Crippen LogP contribution < -0.4 is 10.6 Å². The molecule has 31 heavy (non-hydrogen) atoms. The molecule has 2 N–H and O–H groups in total. The lowest BCUT2D eigenvalue weighted by atomic mass is 9.85. The van der Waals surface area contributed by atoms with Gasteiger partial charge in [0.15, 0.2) is 5.96 Å². The Morgan fingerprint density at radius 3 is 2.58 bits per heavy atom. The van der Waals surface area contributed by atoms with E-state index in [2.05, 4.69) is 60.6 Å². The van der Waals surface area contributed by atoms with E-state index in [-0.39, 0.29) is 29.9 Å². The molecule has 1 atom stereocenters. The molecule has 1 aromatic carbocycles. The molecule has 1 aromatic rings. The second-order valence-electron chi connectivity index (χ2n) is 8.67. The highest BCUT2D eigenvalue weighted by Gasteiger charge is 2.30. The first-order valence-corrected chi connectivity index (χ1v) is 12.7. The Hall–Kier alpha value is -0.960. The van der Waals surface area contributed by atoms with Crippen LogP contribution in [0.25, 0.3) is 0 Å². The first-order valence-electron chi connectivity index (χ1n) is 11.5. The van der Waals surface area contributed by atoms with Crippen LogP contribution in [0.5, 0.6) is 0 Å². The number of hydrogen-bond acceptors (Lipinski definition) is 3. The van der Waals surface area contributed by atoms with Gasteiger partial charge in [0.25, 0.3) is 0 Å². The Morgan fingerprint density at radius 2 is 1.94 bits per heavy atom. The van der Waals surface area contributed by atoms with Gasteiger partial charge in [-0.1, -0.05) is 36.8 Å². The largest absolute Gasteiger partial charge is 0.357 e. The Bertz CT molecular complexity index is 715. The van der Waals surface area contributed by atoms with E-state index in [1.807, 2.05) is 11.8 Å². The van der Waals surface area contributed by atoms with Crippen molar-refractivity contribution in [2.75, 3.05) is 37.7 Å². The SMILES string of the molecule is CCNC(=NCC(C)c1cccc(C)c1)NC1CCC(C(=O)N2CCSCC2)CC1.I. The third kappa shape index (κ3) is 8.15. The van der Waals surface area contributed by atoms with Crippen molar-refractivity contribution in [3.63, 3.8) is 0 Å². The predicted octanol–water partition coefficient (Wildman–Crippen LogP) is 4.41. The van der Waals surface area contributed by atoms with Crippen molar-refractivity contribution in [1.29, 1.82) is 0 Å². The van der Waals surface area contributed by atoms with Gasteiger partial charge in [-0.15, -0.1) is 24.0 Å². The molecule has 1 saturated heterocycles. The quantitative estimate of drug-likeness (QED) is 0.309. The van der Waals surface area contributed by atoms with Gasteiger partial charge in [-0.3, -0.25) is 9.79 Å². The summed E-state index contributed by atoms with van der Waals surface area (Å²) in [5.74, 6) is 4.07. The van der Waals surface area contributed by atoms with E-state index in [9.17, 15) is 4.79 Å². The summed E-state index contributed by atoms with van der Waals surface area (Å²) in [5.41, 5.74) is 2.63. The Kier molecular flexibility index (Phi) is 11.5. The Labute approximate surface area is 209 Å². The third-order valence-electron chi connectivity index (χ3n) is 6.22. The lowest BCUT2D eigenvalue weighted by Gasteiger charge is -2.34. The van der Waals surface area contributed by atoms with E-state index < -0.39 is 0 Å². The van der Waals surface area contributed by atoms with Crippen molar-refractivity contribution in [1.82, 2.24) is 15.5 Å². The second-order valence-corrected chi connectivity index (χ2v) is 9.89. The summed E-state index contributed by atoms with van der Waals surface area (Å²) in [4.78, 5) is 19.7. The van der Waals surface area contributed by atoms with E-state index >= 15 is 0 Å². The second kappa shape index (κ2) is 13.6. The molecule has 2 aliphatic rings. The number of guanidine groups is 1. The molecule has 5 nitrogen and oxygen atoms in total. The van der Waals surface area contributed by atoms with Gasteiger partial charge >= 0.3 is 0 Å². The molecule has 1 saturated carbocycles. The molecule has 0 spiro atoms. The lowest BCUT2D eigenvalue weighted by molar-refractivity contribution is -0.136. The molecule has 3 rings (SSSR count). The summed E-state index contributed by atoms with van der Waals surface area (Å²) >= 11 is 1.96. The molecule has 174 valence electrons. The van der Waals surface area contributed by atoms with Crippen LogP contribution in [0, 0.1) is 12.8 Å². The van der Waals surface area contributed by atoms with Crippen molar-refractivity contribution >= 4 is 47.6 Å². The maximum atomic E-state index is 12.8. The van der Waals surface area contributed by atoms with Crippen molar-refractivity contribution in [3.8, 4) is 0 Å². The number of thioether (sulfide) groups is 1. The first-order chi connectivity index (χ1) is 14.6. The van der Waals surface area contributed by atoms with Crippen molar-refractivity contribution < 1.29 is 4.79 Å². The molecule has 1 unspecified atom stereocenters. The minimum Gasteiger partial charge on any atom is -0.357 e. The van der Waals surface area contributed by atoms with E-state index in [0.717, 1.165) is 69.3 Å². The van der Waals surface area contributed by atoms with Crippen LogP contribution in [-0.2, 0) is 4.79 Å². The number of carbonyl (C=O) groups excluding carboxylic acids is 1. The van der Waals surface area contributed by atoms with E-state index in [1.165, 1.54) is 11.1 Å². The van der Waals surface area contributed by atoms with Crippen LogP contribution in [0.3, 0.4) is 0 Å². The minimum atomic E-state index is 0. The number of halogens is 1. The van der Waals surface area contributed by atoms with Crippen LogP contribution in [-0.4, -0.2) is 60.5 Å². The molecular weight excluding hydrogens is 519 g/mol. The number of aryl methyl sites for hydroxylation is 1. The number of aliphatic imine (C=N–C) groups is 1. The predicted molar refractivity (Wildman–Crippen MR) is 144 cm³/mol. The fourth-order valence-corrected chi connectivity index (χ4v) is 5.25. The summed E-state index contributed by atoms with van der Waals surface area (Å²) in [6.07, 6.45) is 4.05. The van der Waals surface area contributed by atoms with Gasteiger partial charge in [0, 0.05) is 55.6 Å². The number of amides is 1. The smallest absolute Gasteiger partial charge is 0.225 e. The number of nitrogens with one attached hydrogen (secondary N) is 2. The molecule has 0 bridgehead atoms. The summed E-state index contributed by atoms with van der Waals surface area (Å²) in [7, 11) is 0. The first kappa shape index (κ1) is 26.3. The molecule has 0 radical (unpaired) electrons. The number of rotatable bonds is 6. The van der Waals surface area contributed by atoms with Crippen molar-refractivity contribution in [2.24, 2.45) is 10.9 Å². The monoisotopic (exact) mass is 558 g/mol. The van der Waals surface area contributed by atoms with Crippen molar-refractivity contribution in [3.05, 3.63) is 35.4 Å². The zero-order chi connectivity index (χ0) is 21.3. The van der Waals surface area contributed by atoms with E-state index in [4.69, 9.17) is 4.99 Å². The highest BCUT2D eigenvalue weighted by atomic mass is 127. The fraction of sp³-hybridized carbons (Fsp3) is 0.667. The number of nitrogens with zero attached hydrogens (tertiary/aromatic N) is 2. The molecular formula is C24H39IN4OS. The summed E-state index contributed by atoms with van der Waals surface area (Å²) in [5, 5.41) is 7.02. The van der Waals surface area contributed by atoms with Crippen LogP contribution in [0.2, 0.25) is 0 Å². The van der Waals surface area contributed by atoms with E-state index in [1.54, 1.807) is 0 Å². The van der Waals surface area contributed by atoms with Crippen LogP contribution in [0.4, 0.5) is 0 Å². The number of carbonyl (C=O) groups is 1. The number of benzene rings is 1. The molecule has 1 heterocycles. The minimum absolute atomic E-state index is 0. The average molecular weight is 559 g/mol. The van der Waals surface area contributed by atoms with Gasteiger partial charge in [0.05, 0.1) is 0 Å². The summed E-state index contributed by atoms with van der Waals surface area (Å²) in [6, 6.07) is 9.10. The van der Waals surface area contributed by atoms with Crippen LogP contribution in [0.1, 0.15) is 56.6 Å². The standard InChI is InChI=1S/C24H38N4OS.HI/c1-4-25-24(26-17-19(3)21-7-5-6-18(2)16-21)27-22-10-8-20(9-11-22)23(29)28-12-14-30-15-13-28;/h5-7,16,19-20,22H,4,8-15,17H2,1-3H3,(H2,25,26,27);1H. The van der Waals surface area contributed by atoms with Crippen molar-refractivity contribution in [2.45, 2.75) is 58.4 Å². The molecule has 7 heteroatoms. The zero-order valence-corrected chi connectivity index (χ0v) is 22.4. The molecule has 0 aromatic heterocycles. The maximum Gasteiger partial charge on any atom is 0.225 e. The third-order valence-corrected chi connectivity index (χ3v) is 7.16. The fourth-order valence-electron chi connectivity index (χ4n) is 4.35. The zero-order valence-electron chi connectivity index (χ0n) is 19.2.